The lowest BCUT2D eigenvalue weighted by Gasteiger charge is -2.28. The van der Waals surface area contributed by atoms with Gasteiger partial charge in [0.1, 0.15) is 5.76 Å². The highest BCUT2D eigenvalue weighted by Crippen LogP contribution is 2.20. The maximum absolute atomic E-state index is 13.6. The van der Waals surface area contributed by atoms with E-state index in [0.29, 0.717) is 12.1 Å². The lowest BCUT2D eigenvalue weighted by molar-refractivity contribution is 0.187. The van der Waals surface area contributed by atoms with Gasteiger partial charge in [-0.25, -0.2) is 8.78 Å². The third-order valence-electron chi connectivity index (χ3n) is 3.81. The number of halogens is 2. The Morgan fingerprint density at radius 2 is 1.91 bits per heavy atom. The molecule has 0 spiro atoms. The smallest absolute Gasteiger partial charge is 0.163 e. The van der Waals surface area contributed by atoms with Crippen molar-refractivity contribution < 1.29 is 13.2 Å². The Labute approximate surface area is 129 Å². The van der Waals surface area contributed by atoms with Gasteiger partial charge in [0.15, 0.2) is 11.6 Å². The number of nitrogens with one attached hydrogen (secondary N) is 1. The Hall–Kier alpha value is -1.72. The maximum Gasteiger partial charge on any atom is 0.163 e. The Morgan fingerprint density at radius 3 is 2.55 bits per heavy atom. The first-order valence-electron chi connectivity index (χ1n) is 7.58. The van der Waals surface area contributed by atoms with Crippen molar-refractivity contribution in [2.24, 2.45) is 0 Å². The molecule has 1 aromatic carbocycles. The Morgan fingerprint density at radius 1 is 1.14 bits per heavy atom. The van der Waals surface area contributed by atoms with Crippen molar-refractivity contribution >= 4 is 0 Å². The Balaban J connectivity index is 2.01. The molecule has 0 aliphatic carbocycles. The molecule has 0 saturated carbocycles. The van der Waals surface area contributed by atoms with Crippen LogP contribution in [0, 0.1) is 11.6 Å². The monoisotopic (exact) mass is 308 g/mol. The second-order valence-corrected chi connectivity index (χ2v) is 5.10. The number of benzene rings is 1. The molecular formula is C17H22F2N2O. The molecule has 0 aliphatic rings. The minimum absolute atomic E-state index is 0.0709. The summed E-state index contributed by atoms with van der Waals surface area (Å²) in [5.74, 6) is -0.728. The molecule has 0 saturated heterocycles. The van der Waals surface area contributed by atoms with E-state index in [1.54, 1.807) is 12.3 Å². The molecule has 0 unspecified atom stereocenters. The lowest BCUT2D eigenvalue weighted by atomic mass is 10.1. The molecule has 120 valence electrons. The van der Waals surface area contributed by atoms with Crippen molar-refractivity contribution in [3.8, 4) is 0 Å². The largest absolute Gasteiger partial charge is 0.468 e. The summed E-state index contributed by atoms with van der Waals surface area (Å²) >= 11 is 0. The van der Waals surface area contributed by atoms with Crippen LogP contribution in [-0.2, 0) is 6.54 Å². The van der Waals surface area contributed by atoms with Crippen molar-refractivity contribution in [2.75, 3.05) is 19.6 Å². The van der Waals surface area contributed by atoms with Gasteiger partial charge in [-0.05, 0) is 31.3 Å². The van der Waals surface area contributed by atoms with Gasteiger partial charge in [-0.3, -0.25) is 4.90 Å². The van der Waals surface area contributed by atoms with Crippen molar-refractivity contribution in [3.05, 3.63) is 59.6 Å². The first-order chi connectivity index (χ1) is 10.7. The predicted octanol–water partition coefficient (Wildman–Crippen LogP) is 3.73. The molecule has 5 heteroatoms. The van der Waals surface area contributed by atoms with Crippen LogP contribution in [0.3, 0.4) is 0 Å². The fourth-order valence-corrected chi connectivity index (χ4v) is 2.58. The van der Waals surface area contributed by atoms with Gasteiger partial charge in [-0.2, -0.15) is 0 Å². The highest BCUT2D eigenvalue weighted by atomic mass is 19.2. The number of furan rings is 1. The molecule has 1 aromatic heterocycles. The van der Waals surface area contributed by atoms with Gasteiger partial charge >= 0.3 is 0 Å². The summed E-state index contributed by atoms with van der Waals surface area (Å²) in [6, 6.07) is 8.10. The van der Waals surface area contributed by atoms with Crippen molar-refractivity contribution in [3.63, 3.8) is 0 Å². The van der Waals surface area contributed by atoms with Gasteiger partial charge < -0.3 is 9.73 Å². The van der Waals surface area contributed by atoms with E-state index in [9.17, 15) is 8.78 Å². The highest BCUT2D eigenvalue weighted by molar-refractivity contribution is 5.18. The minimum Gasteiger partial charge on any atom is -0.468 e. The Kier molecular flexibility index (Phi) is 6.10. The molecule has 22 heavy (non-hydrogen) atoms. The summed E-state index contributed by atoms with van der Waals surface area (Å²) in [5.41, 5.74) is 0.331. The predicted molar refractivity (Wildman–Crippen MR) is 82.4 cm³/mol. The zero-order chi connectivity index (χ0) is 15.9. The number of likely N-dealkylation sites (N-methyl/N-ethyl adjacent to an activating group) is 1. The molecular weight excluding hydrogens is 286 g/mol. The Bertz CT molecular complexity index is 568. The number of rotatable bonds is 8. The molecule has 0 amide bonds. The van der Waals surface area contributed by atoms with Crippen LogP contribution in [0.15, 0.2) is 41.0 Å². The van der Waals surface area contributed by atoms with Gasteiger partial charge in [0.25, 0.3) is 0 Å². The summed E-state index contributed by atoms with van der Waals surface area (Å²) in [6.07, 6.45) is 1.65. The van der Waals surface area contributed by atoms with Crippen LogP contribution in [0.5, 0.6) is 0 Å². The number of nitrogens with zero attached hydrogens (tertiary/aromatic N) is 1. The first-order valence-corrected chi connectivity index (χ1v) is 7.58. The molecule has 2 aromatic rings. The fourth-order valence-electron chi connectivity index (χ4n) is 2.58. The van der Waals surface area contributed by atoms with Crippen molar-refractivity contribution in [1.82, 2.24) is 10.2 Å². The molecule has 2 rings (SSSR count). The zero-order valence-corrected chi connectivity index (χ0v) is 13.0. The van der Waals surface area contributed by atoms with Crippen LogP contribution in [0.2, 0.25) is 0 Å². The first kappa shape index (κ1) is 16.6. The normalized spacial score (nSPS) is 12.8. The van der Waals surface area contributed by atoms with E-state index in [1.165, 1.54) is 6.07 Å². The van der Waals surface area contributed by atoms with Gasteiger partial charge in [-0.1, -0.05) is 26.0 Å². The van der Waals surface area contributed by atoms with E-state index < -0.39 is 11.6 Å². The van der Waals surface area contributed by atoms with Crippen LogP contribution < -0.4 is 5.32 Å². The number of hydrogen-bond donors (Lipinski definition) is 1. The zero-order valence-electron chi connectivity index (χ0n) is 13.0. The molecule has 1 heterocycles. The van der Waals surface area contributed by atoms with E-state index in [-0.39, 0.29) is 12.6 Å². The standard InChI is InChI=1S/C17H22F2N2O/c1-3-21(4-2)15(16-9-6-10-22-16)12-20-11-13-7-5-8-14(18)17(13)19/h5-10,15,20H,3-4,11-12H2,1-2H3/t15-/m0/s1. The van der Waals surface area contributed by atoms with Crippen molar-refractivity contribution in [1.29, 1.82) is 0 Å². The highest BCUT2D eigenvalue weighted by Gasteiger charge is 2.20. The van der Waals surface area contributed by atoms with Gasteiger partial charge in [0.2, 0.25) is 0 Å². The van der Waals surface area contributed by atoms with Crippen LogP contribution in [0.4, 0.5) is 8.78 Å². The van der Waals surface area contributed by atoms with Gasteiger partial charge in [-0.15, -0.1) is 0 Å². The second-order valence-electron chi connectivity index (χ2n) is 5.10. The molecule has 1 atom stereocenters. The van der Waals surface area contributed by atoms with E-state index >= 15 is 0 Å². The molecule has 1 N–H and O–H groups in total. The van der Waals surface area contributed by atoms with E-state index in [0.717, 1.165) is 24.9 Å². The summed E-state index contributed by atoms with van der Waals surface area (Å²) in [7, 11) is 0. The van der Waals surface area contributed by atoms with Crippen LogP contribution in [0.1, 0.15) is 31.2 Å². The average molecular weight is 308 g/mol. The van der Waals surface area contributed by atoms with E-state index in [4.69, 9.17) is 4.42 Å². The van der Waals surface area contributed by atoms with Crippen molar-refractivity contribution in [2.45, 2.75) is 26.4 Å². The summed E-state index contributed by atoms with van der Waals surface area (Å²) < 4.78 is 32.4. The van der Waals surface area contributed by atoms with Gasteiger partial charge in [0.05, 0.1) is 12.3 Å². The average Bonchev–Trinajstić information content (AvgIpc) is 3.05. The van der Waals surface area contributed by atoms with Crippen LogP contribution in [-0.4, -0.2) is 24.5 Å². The topological polar surface area (TPSA) is 28.4 Å². The summed E-state index contributed by atoms with van der Waals surface area (Å²) in [6.45, 7) is 6.83. The lowest BCUT2D eigenvalue weighted by Crippen LogP contribution is -2.35. The molecule has 0 fully saturated rings. The fraction of sp³-hybridized carbons (Fsp3) is 0.412. The molecule has 0 bridgehead atoms. The quantitative estimate of drug-likeness (QED) is 0.805. The van der Waals surface area contributed by atoms with E-state index in [1.807, 2.05) is 12.1 Å². The maximum atomic E-state index is 13.6. The number of hydrogen-bond acceptors (Lipinski definition) is 3. The summed E-state index contributed by atoms with van der Waals surface area (Å²) in [5, 5.41) is 3.20. The van der Waals surface area contributed by atoms with Crippen LogP contribution in [0.25, 0.3) is 0 Å². The van der Waals surface area contributed by atoms with Gasteiger partial charge in [0, 0.05) is 18.7 Å². The molecule has 3 nitrogen and oxygen atoms in total. The molecule has 0 aliphatic heterocycles. The third kappa shape index (κ3) is 3.93. The summed E-state index contributed by atoms with van der Waals surface area (Å²) in [4.78, 5) is 2.26. The SMILES string of the molecule is CCN(CC)[C@@H](CNCc1cccc(F)c1F)c1ccco1. The second kappa shape index (κ2) is 8.06. The van der Waals surface area contributed by atoms with E-state index in [2.05, 4.69) is 24.1 Å². The van der Waals surface area contributed by atoms with Crippen LogP contribution >= 0.6 is 0 Å². The minimum atomic E-state index is -0.814. The molecule has 0 radical (unpaired) electrons. The third-order valence-corrected chi connectivity index (χ3v) is 3.81.